The molecule has 2 heterocycles. The molecule has 2 rings (SSSR count). The number of anilines is 1. The fourth-order valence-corrected chi connectivity index (χ4v) is 3.17. The number of hydroxylamine groups is 2. The molecule has 5 N–H and O–H groups in total. The summed E-state index contributed by atoms with van der Waals surface area (Å²) in [6.45, 7) is 1.90. The van der Waals surface area contributed by atoms with Gasteiger partial charge in [0.05, 0.1) is 5.54 Å². The predicted molar refractivity (Wildman–Crippen MR) is 92.1 cm³/mol. The molecule has 16 heteroatoms. The summed E-state index contributed by atoms with van der Waals surface area (Å²) >= 11 is 0.980. The van der Waals surface area contributed by atoms with Crippen LogP contribution in [0, 0.1) is 0 Å². The van der Waals surface area contributed by atoms with E-state index in [9.17, 15) is 22.8 Å². The van der Waals surface area contributed by atoms with Gasteiger partial charge >= 0.3 is 16.4 Å². The normalized spacial score (nSPS) is 19.1. The Morgan fingerprint density at radius 2 is 2.14 bits per heavy atom. The van der Waals surface area contributed by atoms with Gasteiger partial charge in [0.1, 0.15) is 11.7 Å². The van der Waals surface area contributed by atoms with E-state index in [1.54, 1.807) is 0 Å². The van der Waals surface area contributed by atoms with Crippen molar-refractivity contribution >= 4 is 50.4 Å². The number of hydrogen-bond donors (Lipinski definition) is 4. The molecule has 0 radical (unpaired) electrons. The van der Waals surface area contributed by atoms with Crippen molar-refractivity contribution in [3.63, 3.8) is 0 Å². The van der Waals surface area contributed by atoms with Crippen LogP contribution in [0.3, 0.4) is 0 Å². The Bertz CT molecular complexity index is 939. The van der Waals surface area contributed by atoms with Crippen LogP contribution in [0.1, 0.15) is 19.5 Å². The summed E-state index contributed by atoms with van der Waals surface area (Å²) in [7, 11) is -4.95. The number of nitrogens with one attached hydrogen (secondary N) is 1. The van der Waals surface area contributed by atoms with E-state index in [2.05, 4.69) is 24.6 Å². The minimum atomic E-state index is -4.95. The molecular weight excluding hydrogens is 422 g/mol. The highest BCUT2D eigenvalue weighted by atomic mass is 32.3. The summed E-state index contributed by atoms with van der Waals surface area (Å²) in [5, 5.41) is 16.2. The molecular formula is C12H15N5O9S2. The monoisotopic (exact) mass is 437 g/mol. The van der Waals surface area contributed by atoms with Crippen molar-refractivity contribution in [2.75, 3.05) is 12.3 Å². The first kappa shape index (κ1) is 21.5. The fraction of sp³-hybridized carbons (Fsp3) is 0.417. The van der Waals surface area contributed by atoms with Crippen LogP contribution in [-0.4, -0.2) is 69.8 Å². The average Bonchev–Trinajstić information content (AvgIpc) is 2.98. The van der Waals surface area contributed by atoms with Gasteiger partial charge in [0.2, 0.25) is 6.61 Å². The van der Waals surface area contributed by atoms with Crippen molar-refractivity contribution < 1.29 is 41.6 Å². The summed E-state index contributed by atoms with van der Waals surface area (Å²) in [4.78, 5) is 43.6. The number of hydrogen-bond acceptors (Lipinski definition) is 11. The van der Waals surface area contributed by atoms with Crippen molar-refractivity contribution in [2.24, 2.45) is 5.16 Å². The summed E-state index contributed by atoms with van der Waals surface area (Å²) in [5.74, 6) is -3.26. The number of β-lactam (4-membered cyclic amide) rings is 1. The van der Waals surface area contributed by atoms with Crippen molar-refractivity contribution in [1.82, 2.24) is 15.4 Å². The predicted octanol–water partition coefficient (Wildman–Crippen LogP) is -1.63. The third kappa shape index (κ3) is 4.71. The maximum absolute atomic E-state index is 12.5. The molecule has 14 nitrogen and oxygen atoms in total. The minimum absolute atomic E-state index is 0.0268. The number of amides is 2. The highest BCUT2D eigenvalue weighted by Crippen LogP contribution is 2.32. The van der Waals surface area contributed by atoms with Crippen molar-refractivity contribution in [3.8, 4) is 0 Å². The molecule has 1 aromatic rings. The number of aromatic nitrogens is 1. The van der Waals surface area contributed by atoms with Crippen LogP contribution in [0.5, 0.6) is 0 Å². The lowest BCUT2D eigenvalue weighted by Gasteiger charge is -2.50. The Kier molecular flexibility index (Phi) is 5.88. The lowest BCUT2D eigenvalue weighted by Crippen LogP contribution is -2.76. The van der Waals surface area contributed by atoms with Gasteiger partial charge in [-0.05, 0) is 13.8 Å². The van der Waals surface area contributed by atoms with E-state index in [0.717, 1.165) is 11.3 Å². The molecule has 0 aromatic carbocycles. The van der Waals surface area contributed by atoms with Crippen LogP contribution >= 0.6 is 11.3 Å². The van der Waals surface area contributed by atoms with Crippen LogP contribution in [0.2, 0.25) is 0 Å². The first-order valence-corrected chi connectivity index (χ1v) is 9.52. The second-order valence-electron chi connectivity index (χ2n) is 5.87. The van der Waals surface area contributed by atoms with E-state index in [1.807, 2.05) is 0 Å². The quantitative estimate of drug-likeness (QED) is 0.157. The first-order chi connectivity index (χ1) is 12.8. The highest BCUT2D eigenvalue weighted by Gasteiger charge is 2.58. The Labute approximate surface area is 161 Å². The van der Waals surface area contributed by atoms with E-state index in [4.69, 9.17) is 15.4 Å². The summed E-state index contributed by atoms with van der Waals surface area (Å²) in [6, 6.07) is -1.25. The number of thiazole rings is 1. The van der Waals surface area contributed by atoms with Gasteiger partial charge in [0.25, 0.3) is 11.8 Å². The van der Waals surface area contributed by atoms with Gasteiger partial charge in [0.15, 0.2) is 10.8 Å². The average molecular weight is 437 g/mol. The number of carbonyl (C=O) groups excluding carboxylic acids is 2. The van der Waals surface area contributed by atoms with Gasteiger partial charge < -0.3 is 21.0 Å². The Morgan fingerprint density at radius 1 is 1.50 bits per heavy atom. The third-order valence-electron chi connectivity index (χ3n) is 3.44. The molecule has 0 bridgehead atoms. The van der Waals surface area contributed by atoms with Crippen LogP contribution in [-0.2, 0) is 33.9 Å². The van der Waals surface area contributed by atoms with Crippen LogP contribution < -0.4 is 11.1 Å². The van der Waals surface area contributed by atoms with Gasteiger partial charge in [-0.3, -0.25) is 14.1 Å². The number of nitrogens with two attached hydrogens (primary N) is 1. The molecule has 1 fully saturated rings. The van der Waals surface area contributed by atoms with Gasteiger partial charge in [-0.1, -0.05) is 5.16 Å². The smallest absolute Gasteiger partial charge is 0.418 e. The minimum Gasteiger partial charge on any atom is -0.479 e. The highest BCUT2D eigenvalue weighted by molar-refractivity contribution is 7.80. The lowest BCUT2D eigenvalue weighted by atomic mass is 9.84. The molecule has 0 saturated carbocycles. The molecule has 1 aliphatic heterocycles. The van der Waals surface area contributed by atoms with Crippen LogP contribution in [0.4, 0.5) is 5.13 Å². The molecule has 154 valence electrons. The van der Waals surface area contributed by atoms with E-state index < -0.39 is 52.1 Å². The second-order valence-corrected chi connectivity index (χ2v) is 7.77. The number of nitrogen functional groups attached to an aromatic ring is 1. The molecule has 1 aromatic heterocycles. The SMILES string of the molecule is CC1(C)C(NC(=O)C(=NOCC(=O)O)c2csc(N)n2)C(=O)N1OS(=O)(=O)O. The Hall–Kier alpha value is -2.82. The third-order valence-corrected chi connectivity index (χ3v) is 4.46. The summed E-state index contributed by atoms with van der Waals surface area (Å²) in [6.07, 6.45) is 0. The zero-order chi connectivity index (χ0) is 21.3. The van der Waals surface area contributed by atoms with E-state index in [1.165, 1.54) is 19.2 Å². The zero-order valence-electron chi connectivity index (χ0n) is 14.3. The number of carboxylic acids is 1. The molecule has 0 spiro atoms. The fourth-order valence-electron chi connectivity index (χ4n) is 2.17. The first-order valence-electron chi connectivity index (χ1n) is 7.28. The summed E-state index contributed by atoms with van der Waals surface area (Å²) in [5.41, 5.74) is 3.67. The van der Waals surface area contributed by atoms with Crippen LogP contribution in [0.25, 0.3) is 0 Å². The largest absolute Gasteiger partial charge is 0.479 e. The number of oxime groups is 1. The van der Waals surface area contributed by atoms with Crippen molar-refractivity contribution in [3.05, 3.63) is 11.1 Å². The number of aliphatic carboxylic acids is 1. The van der Waals surface area contributed by atoms with E-state index >= 15 is 0 Å². The topological polar surface area (TPSA) is 211 Å². The molecule has 1 unspecified atom stereocenters. The second kappa shape index (κ2) is 7.66. The zero-order valence-corrected chi connectivity index (χ0v) is 16.0. The molecule has 0 aliphatic carbocycles. The van der Waals surface area contributed by atoms with E-state index in [0.29, 0.717) is 5.06 Å². The molecule has 1 aliphatic rings. The van der Waals surface area contributed by atoms with Crippen molar-refractivity contribution in [1.29, 1.82) is 0 Å². The number of rotatable bonds is 8. The number of nitrogens with zero attached hydrogens (tertiary/aromatic N) is 3. The van der Waals surface area contributed by atoms with Gasteiger partial charge in [-0.2, -0.15) is 13.5 Å². The van der Waals surface area contributed by atoms with Gasteiger partial charge in [-0.25, -0.2) is 9.78 Å². The number of carbonyl (C=O) groups is 3. The molecule has 2 amide bonds. The maximum Gasteiger partial charge on any atom is 0.418 e. The molecule has 1 atom stereocenters. The molecule has 28 heavy (non-hydrogen) atoms. The standard InChI is InChI=1S/C12H15N5O9S2/c1-12(2)8(10(21)17(12)26-28(22,23)24)15-9(20)7(16-25-3-6(18)19)5-4-27-11(13)14-5/h4,8H,3H2,1-2H3,(H2,13,14)(H,15,20)(H,18,19)(H,22,23,24). The number of carboxylic acid groups (broad SMARTS) is 1. The van der Waals surface area contributed by atoms with Crippen LogP contribution in [0.15, 0.2) is 10.5 Å². The van der Waals surface area contributed by atoms with Gasteiger partial charge in [0, 0.05) is 5.38 Å². The Balaban J connectivity index is 2.19. The lowest BCUT2D eigenvalue weighted by molar-refractivity contribution is -0.218. The molecule has 1 saturated heterocycles. The summed E-state index contributed by atoms with van der Waals surface area (Å²) < 4.78 is 34.5. The van der Waals surface area contributed by atoms with E-state index in [-0.39, 0.29) is 10.8 Å². The Morgan fingerprint density at radius 3 is 2.61 bits per heavy atom. The van der Waals surface area contributed by atoms with Gasteiger partial charge in [-0.15, -0.1) is 15.6 Å². The maximum atomic E-state index is 12.5. The van der Waals surface area contributed by atoms with Crippen molar-refractivity contribution in [2.45, 2.75) is 25.4 Å².